The normalized spacial score (nSPS) is 25.8. The number of nitrogens with two attached hydrogens (primary N) is 1. The zero-order chi connectivity index (χ0) is 18.2. The van der Waals surface area contributed by atoms with Gasteiger partial charge in [0.1, 0.15) is 5.82 Å². The molecule has 6 heteroatoms. The standard InChI is InChI=1S/C19H22FNO3S/c1-13-3-9-16(10-4-13)25(22,23)18-17(19(18,11-21)12-24-2)14-5-7-15(20)8-6-14/h3-10,17-18H,11-12,21H2,1-2H3/t17-,18+,19+/m1/s1. The maximum absolute atomic E-state index is 13.3. The summed E-state index contributed by atoms with van der Waals surface area (Å²) in [7, 11) is -2.05. The van der Waals surface area contributed by atoms with Crippen LogP contribution in [0.2, 0.25) is 0 Å². The third-order valence-electron chi connectivity index (χ3n) is 5.09. The number of hydrogen-bond acceptors (Lipinski definition) is 4. The number of hydrogen-bond donors (Lipinski definition) is 1. The molecule has 3 atom stereocenters. The highest BCUT2D eigenvalue weighted by atomic mass is 32.2. The van der Waals surface area contributed by atoms with Crippen LogP contribution in [0.15, 0.2) is 53.4 Å². The SMILES string of the molecule is COC[C@@]1(CN)[C@H](c2ccc(F)cc2)[C@@H]1S(=O)(=O)c1ccc(C)cc1. The number of benzene rings is 2. The fraction of sp³-hybridized carbons (Fsp3) is 0.368. The number of methoxy groups -OCH3 is 1. The molecule has 3 rings (SSSR count). The van der Waals surface area contributed by atoms with Crippen molar-refractivity contribution < 1.29 is 17.5 Å². The first kappa shape index (κ1) is 18.0. The highest BCUT2D eigenvalue weighted by molar-refractivity contribution is 7.92. The van der Waals surface area contributed by atoms with Crippen molar-refractivity contribution in [2.24, 2.45) is 11.1 Å². The number of halogens is 1. The lowest BCUT2D eigenvalue weighted by atomic mass is 10.00. The predicted octanol–water partition coefficient (Wildman–Crippen LogP) is 2.67. The summed E-state index contributed by atoms with van der Waals surface area (Å²) in [5.41, 5.74) is 7.05. The predicted molar refractivity (Wildman–Crippen MR) is 94.7 cm³/mol. The third kappa shape index (κ3) is 2.99. The van der Waals surface area contributed by atoms with Crippen LogP contribution in [0.25, 0.3) is 0 Å². The highest BCUT2D eigenvalue weighted by Crippen LogP contribution is 2.63. The fourth-order valence-electron chi connectivity index (χ4n) is 3.74. The second-order valence-corrected chi connectivity index (χ2v) is 8.75. The summed E-state index contributed by atoms with van der Waals surface area (Å²) in [5, 5.41) is -0.682. The Morgan fingerprint density at radius 3 is 2.24 bits per heavy atom. The van der Waals surface area contributed by atoms with Gasteiger partial charge in [0.2, 0.25) is 0 Å². The van der Waals surface area contributed by atoms with Crippen molar-refractivity contribution in [1.29, 1.82) is 0 Å². The van der Waals surface area contributed by atoms with Gasteiger partial charge in [0.15, 0.2) is 9.84 Å². The Labute approximate surface area is 147 Å². The van der Waals surface area contributed by atoms with Crippen LogP contribution in [0.4, 0.5) is 4.39 Å². The number of sulfone groups is 1. The molecule has 0 spiro atoms. The summed E-state index contributed by atoms with van der Waals surface area (Å²) in [4.78, 5) is 0.279. The van der Waals surface area contributed by atoms with E-state index in [0.717, 1.165) is 11.1 Å². The van der Waals surface area contributed by atoms with Crippen molar-refractivity contribution in [3.8, 4) is 0 Å². The molecule has 0 bridgehead atoms. The molecule has 0 saturated heterocycles. The minimum Gasteiger partial charge on any atom is -0.384 e. The first-order valence-electron chi connectivity index (χ1n) is 8.12. The van der Waals surface area contributed by atoms with Crippen molar-refractivity contribution in [2.45, 2.75) is 23.0 Å². The zero-order valence-corrected chi connectivity index (χ0v) is 15.1. The van der Waals surface area contributed by atoms with Gasteiger partial charge in [-0.3, -0.25) is 0 Å². The van der Waals surface area contributed by atoms with E-state index in [1.54, 1.807) is 36.4 Å². The molecular weight excluding hydrogens is 341 g/mol. The van der Waals surface area contributed by atoms with Crippen LogP contribution in [0, 0.1) is 18.2 Å². The quantitative estimate of drug-likeness (QED) is 0.857. The monoisotopic (exact) mass is 363 g/mol. The van der Waals surface area contributed by atoms with Crippen molar-refractivity contribution in [2.75, 3.05) is 20.3 Å². The number of aryl methyl sites for hydroxylation is 1. The van der Waals surface area contributed by atoms with Crippen LogP contribution in [-0.4, -0.2) is 33.9 Å². The molecule has 134 valence electrons. The molecule has 0 aromatic heterocycles. The van der Waals surface area contributed by atoms with Gasteiger partial charge in [0, 0.05) is 25.0 Å². The first-order chi connectivity index (χ1) is 11.9. The van der Waals surface area contributed by atoms with E-state index in [1.165, 1.54) is 19.2 Å². The van der Waals surface area contributed by atoms with Crippen molar-refractivity contribution >= 4 is 9.84 Å². The van der Waals surface area contributed by atoms with Crippen molar-refractivity contribution in [1.82, 2.24) is 0 Å². The summed E-state index contributed by atoms with van der Waals surface area (Å²) < 4.78 is 45.0. The Morgan fingerprint density at radius 1 is 1.12 bits per heavy atom. The molecule has 25 heavy (non-hydrogen) atoms. The average Bonchev–Trinajstić information content (AvgIpc) is 3.26. The van der Waals surface area contributed by atoms with Crippen LogP contribution in [-0.2, 0) is 14.6 Å². The molecule has 1 saturated carbocycles. The Balaban J connectivity index is 2.05. The molecule has 0 amide bonds. The average molecular weight is 363 g/mol. The Hall–Kier alpha value is -1.76. The highest BCUT2D eigenvalue weighted by Gasteiger charge is 2.70. The summed E-state index contributed by atoms with van der Waals surface area (Å²) >= 11 is 0. The lowest BCUT2D eigenvalue weighted by molar-refractivity contribution is 0.142. The van der Waals surface area contributed by atoms with Crippen LogP contribution >= 0.6 is 0 Å². The molecular formula is C19H22FNO3S. The molecule has 1 fully saturated rings. The lowest BCUT2D eigenvalue weighted by Crippen LogP contribution is -2.28. The Bertz CT molecular complexity index is 849. The molecule has 1 aliphatic carbocycles. The summed E-state index contributed by atoms with van der Waals surface area (Å²) in [6.45, 7) is 2.32. The molecule has 0 aliphatic heterocycles. The topological polar surface area (TPSA) is 69.4 Å². The minimum absolute atomic E-state index is 0.179. The maximum atomic E-state index is 13.3. The molecule has 0 unspecified atom stereocenters. The van der Waals surface area contributed by atoms with Crippen LogP contribution in [0.5, 0.6) is 0 Å². The second-order valence-electron chi connectivity index (χ2n) is 6.68. The van der Waals surface area contributed by atoms with Gasteiger partial charge in [-0.05, 0) is 36.8 Å². The van der Waals surface area contributed by atoms with E-state index in [0.29, 0.717) is 0 Å². The smallest absolute Gasteiger partial charge is 0.182 e. The summed E-state index contributed by atoms with van der Waals surface area (Å²) in [6, 6.07) is 12.8. The van der Waals surface area contributed by atoms with E-state index in [4.69, 9.17) is 10.5 Å². The van der Waals surface area contributed by atoms with E-state index < -0.39 is 20.5 Å². The van der Waals surface area contributed by atoms with Crippen molar-refractivity contribution in [3.63, 3.8) is 0 Å². The van der Waals surface area contributed by atoms with Gasteiger partial charge in [-0.25, -0.2) is 12.8 Å². The van der Waals surface area contributed by atoms with E-state index in [1.807, 2.05) is 6.92 Å². The van der Waals surface area contributed by atoms with Crippen molar-refractivity contribution in [3.05, 3.63) is 65.5 Å². The van der Waals surface area contributed by atoms with Gasteiger partial charge < -0.3 is 10.5 Å². The molecule has 2 N–H and O–H groups in total. The van der Waals surface area contributed by atoms with Gasteiger partial charge in [-0.2, -0.15) is 0 Å². The molecule has 1 aliphatic rings. The van der Waals surface area contributed by atoms with Gasteiger partial charge in [-0.15, -0.1) is 0 Å². The van der Waals surface area contributed by atoms with Gasteiger partial charge in [-0.1, -0.05) is 29.8 Å². The maximum Gasteiger partial charge on any atom is 0.182 e. The molecule has 4 nitrogen and oxygen atoms in total. The Morgan fingerprint density at radius 2 is 1.72 bits per heavy atom. The zero-order valence-electron chi connectivity index (χ0n) is 14.3. The van der Waals surface area contributed by atoms with Crippen LogP contribution in [0.3, 0.4) is 0 Å². The van der Waals surface area contributed by atoms with E-state index in [9.17, 15) is 12.8 Å². The lowest BCUT2D eigenvalue weighted by Gasteiger charge is -2.15. The molecule has 2 aromatic carbocycles. The molecule has 0 heterocycles. The third-order valence-corrected chi connectivity index (χ3v) is 7.43. The fourth-order valence-corrected chi connectivity index (χ4v) is 6.18. The molecule has 0 radical (unpaired) electrons. The van der Waals surface area contributed by atoms with Crippen LogP contribution < -0.4 is 5.73 Å². The van der Waals surface area contributed by atoms with E-state index in [-0.39, 0.29) is 29.8 Å². The van der Waals surface area contributed by atoms with Gasteiger partial charge in [0.25, 0.3) is 0 Å². The number of ether oxygens (including phenoxy) is 1. The number of rotatable bonds is 6. The van der Waals surface area contributed by atoms with Gasteiger partial charge >= 0.3 is 0 Å². The van der Waals surface area contributed by atoms with E-state index >= 15 is 0 Å². The van der Waals surface area contributed by atoms with E-state index in [2.05, 4.69) is 0 Å². The molecule has 2 aromatic rings. The second kappa shape index (κ2) is 6.52. The summed E-state index contributed by atoms with van der Waals surface area (Å²) in [6.07, 6.45) is 0. The van der Waals surface area contributed by atoms with Crippen LogP contribution in [0.1, 0.15) is 17.0 Å². The largest absolute Gasteiger partial charge is 0.384 e. The first-order valence-corrected chi connectivity index (χ1v) is 9.66. The van der Waals surface area contributed by atoms with Gasteiger partial charge in [0.05, 0.1) is 16.8 Å². The summed E-state index contributed by atoms with van der Waals surface area (Å²) in [5.74, 6) is -0.670. The minimum atomic E-state index is -3.59. The Kier molecular flexibility index (Phi) is 4.70.